The van der Waals surface area contributed by atoms with E-state index in [9.17, 15) is 0 Å². The van der Waals surface area contributed by atoms with E-state index in [1.807, 2.05) is 0 Å². The molecule has 0 aliphatic rings. The quantitative estimate of drug-likeness (QED) is 0.758. The summed E-state index contributed by atoms with van der Waals surface area (Å²) in [5.74, 6) is 1.04. The van der Waals surface area contributed by atoms with Gasteiger partial charge in [-0.25, -0.2) is 0 Å². The molecule has 0 amide bonds. The average molecular weight is 221 g/mol. The fourth-order valence-corrected chi connectivity index (χ4v) is 1.67. The number of aryl methyl sites for hydroxylation is 2. The third-order valence-corrected chi connectivity index (χ3v) is 3.13. The summed E-state index contributed by atoms with van der Waals surface area (Å²) in [4.78, 5) is 2.29. The van der Waals surface area contributed by atoms with E-state index < -0.39 is 0 Å². The molecular formula is C14H23NO. The fourth-order valence-electron chi connectivity index (χ4n) is 1.67. The third-order valence-electron chi connectivity index (χ3n) is 3.13. The molecule has 1 rings (SSSR count). The van der Waals surface area contributed by atoms with E-state index >= 15 is 0 Å². The van der Waals surface area contributed by atoms with E-state index in [1.165, 1.54) is 11.1 Å². The summed E-state index contributed by atoms with van der Waals surface area (Å²) in [6.07, 6.45) is 0. The number of likely N-dealkylation sites (N-methyl/N-ethyl adjacent to an activating group) is 1. The van der Waals surface area contributed by atoms with Crippen LogP contribution < -0.4 is 4.74 Å². The van der Waals surface area contributed by atoms with Gasteiger partial charge in [0.2, 0.25) is 0 Å². The van der Waals surface area contributed by atoms with Gasteiger partial charge in [0, 0.05) is 6.04 Å². The van der Waals surface area contributed by atoms with Crippen LogP contribution in [0.15, 0.2) is 18.2 Å². The van der Waals surface area contributed by atoms with Gasteiger partial charge in [0.05, 0.1) is 0 Å². The normalized spacial score (nSPS) is 12.9. The van der Waals surface area contributed by atoms with Crippen LogP contribution in [0.5, 0.6) is 5.75 Å². The Bertz CT molecular complexity index is 315. The minimum atomic E-state index is 0.448. The van der Waals surface area contributed by atoms with E-state index in [0.29, 0.717) is 6.04 Å². The van der Waals surface area contributed by atoms with Crippen molar-refractivity contribution in [3.63, 3.8) is 0 Å². The van der Waals surface area contributed by atoms with Crippen LogP contribution in [-0.4, -0.2) is 31.1 Å². The maximum Gasteiger partial charge on any atom is 0.125 e. The lowest BCUT2D eigenvalue weighted by Gasteiger charge is -2.24. The number of hydrogen-bond donors (Lipinski definition) is 0. The molecule has 0 radical (unpaired) electrons. The molecule has 1 aromatic carbocycles. The minimum Gasteiger partial charge on any atom is -0.491 e. The number of hydrogen-bond acceptors (Lipinski definition) is 2. The Hall–Kier alpha value is -1.02. The topological polar surface area (TPSA) is 12.5 Å². The number of benzene rings is 1. The maximum absolute atomic E-state index is 5.91. The molecule has 0 aliphatic heterocycles. The number of para-hydroxylation sites is 1. The van der Waals surface area contributed by atoms with Crippen LogP contribution in [0.4, 0.5) is 0 Å². The molecule has 1 unspecified atom stereocenters. The molecule has 0 aromatic heterocycles. The highest BCUT2D eigenvalue weighted by molar-refractivity contribution is 5.39. The molecule has 2 nitrogen and oxygen atoms in total. The second-order valence-corrected chi connectivity index (χ2v) is 4.45. The van der Waals surface area contributed by atoms with Gasteiger partial charge < -0.3 is 9.64 Å². The Kier molecular flexibility index (Phi) is 4.81. The van der Waals surface area contributed by atoms with Crippen LogP contribution in [0.3, 0.4) is 0 Å². The summed E-state index contributed by atoms with van der Waals surface area (Å²) >= 11 is 0. The summed E-state index contributed by atoms with van der Waals surface area (Å²) in [6, 6.07) is 6.70. The molecule has 0 fully saturated rings. The zero-order chi connectivity index (χ0) is 12.1. The van der Waals surface area contributed by atoms with E-state index in [4.69, 9.17) is 4.74 Å². The third kappa shape index (κ3) is 3.24. The highest BCUT2D eigenvalue weighted by Gasteiger charge is 2.09. The Morgan fingerprint density at radius 3 is 2.31 bits per heavy atom. The molecule has 1 aromatic rings. The Morgan fingerprint density at radius 2 is 1.81 bits per heavy atom. The lowest BCUT2D eigenvalue weighted by molar-refractivity contribution is 0.178. The van der Waals surface area contributed by atoms with Gasteiger partial charge in [-0.2, -0.15) is 0 Å². The molecule has 0 aliphatic carbocycles. The molecule has 0 heterocycles. The standard InChI is InChI=1S/C14H23NO/c1-6-15(5)13(4)10-16-14-11(2)8-7-9-12(14)3/h7-9,13H,6,10H2,1-5H3. The average Bonchev–Trinajstić information content (AvgIpc) is 2.27. The van der Waals surface area contributed by atoms with Crippen molar-refractivity contribution >= 4 is 0 Å². The summed E-state index contributed by atoms with van der Waals surface area (Å²) in [5, 5.41) is 0. The summed E-state index contributed by atoms with van der Waals surface area (Å²) in [6.45, 7) is 10.3. The van der Waals surface area contributed by atoms with Gasteiger partial charge >= 0.3 is 0 Å². The van der Waals surface area contributed by atoms with Crippen molar-refractivity contribution < 1.29 is 4.74 Å². The van der Waals surface area contributed by atoms with Gasteiger partial charge in [-0.1, -0.05) is 25.1 Å². The zero-order valence-electron chi connectivity index (χ0n) is 11.1. The van der Waals surface area contributed by atoms with E-state index in [1.54, 1.807) is 0 Å². The first-order valence-corrected chi connectivity index (χ1v) is 5.95. The van der Waals surface area contributed by atoms with Crippen LogP contribution in [0.1, 0.15) is 25.0 Å². The molecule has 0 saturated carbocycles. The molecular weight excluding hydrogens is 198 g/mol. The Morgan fingerprint density at radius 1 is 1.25 bits per heavy atom. The van der Waals surface area contributed by atoms with Gasteiger partial charge in [0.25, 0.3) is 0 Å². The van der Waals surface area contributed by atoms with Crippen LogP contribution in [0.2, 0.25) is 0 Å². The Labute approximate surface area is 99.2 Å². The van der Waals surface area contributed by atoms with Gasteiger partial charge in [0.1, 0.15) is 12.4 Å². The smallest absolute Gasteiger partial charge is 0.125 e. The predicted molar refractivity (Wildman–Crippen MR) is 69.2 cm³/mol. The largest absolute Gasteiger partial charge is 0.491 e. The lowest BCUT2D eigenvalue weighted by Crippen LogP contribution is -2.33. The highest BCUT2D eigenvalue weighted by atomic mass is 16.5. The van der Waals surface area contributed by atoms with Crippen molar-refractivity contribution in [2.75, 3.05) is 20.2 Å². The Balaban J connectivity index is 2.61. The fraction of sp³-hybridized carbons (Fsp3) is 0.571. The molecule has 0 saturated heterocycles. The highest BCUT2D eigenvalue weighted by Crippen LogP contribution is 2.22. The number of ether oxygens (including phenoxy) is 1. The second kappa shape index (κ2) is 5.90. The van der Waals surface area contributed by atoms with Crippen LogP contribution in [0, 0.1) is 13.8 Å². The van der Waals surface area contributed by atoms with Crippen molar-refractivity contribution in [3.05, 3.63) is 29.3 Å². The van der Waals surface area contributed by atoms with Crippen LogP contribution in [0.25, 0.3) is 0 Å². The number of rotatable bonds is 5. The SMILES string of the molecule is CCN(C)C(C)COc1c(C)cccc1C. The van der Waals surface area contributed by atoms with Crippen molar-refractivity contribution in [1.82, 2.24) is 4.90 Å². The van der Waals surface area contributed by atoms with Gasteiger partial charge in [0.15, 0.2) is 0 Å². The van der Waals surface area contributed by atoms with Crippen molar-refractivity contribution in [1.29, 1.82) is 0 Å². The minimum absolute atomic E-state index is 0.448. The van der Waals surface area contributed by atoms with Gasteiger partial charge in [-0.05, 0) is 45.5 Å². The lowest BCUT2D eigenvalue weighted by atomic mass is 10.1. The van der Waals surface area contributed by atoms with Gasteiger partial charge in [-0.15, -0.1) is 0 Å². The molecule has 1 atom stereocenters. The van der Waals surface area contributed by atoms with E-state index in [2.05, 4.69) is 57.8 Å². The maximum atomic E-state index is 5.91. The molecule has 0 spiro atoms. The molecule has 0 bridgehead atoms. The van der Waals surface area contributed by atoms with Crippen LogP contribution >= 0.6 is 0 Å². The van der Waals surface area contributed by atoms with E-state index in [-0.39, 0.29) is 0 Å². The molecule has 90 valence electrons. The van der Waals surface area contributed by atoms with Gasteiger partial charge in [-0.3, -0.25) is 0 Å². The predicted octanol–water partition coefficient (Wildman–Crippen LogP) is 3.02. The monoisotopic (exact) mass is 221 g/mol. The first-order valence-electron chi connectivity index (χ1n) is 5.95. The number of nitrogens with zero attached hydrogens (tertiary/aromatic N) is 1. The molecule has 0 N–H and O–H groups in total. The van der Waals surface area contributed by atoms with Crippen molar-refractivity contribution in [2.45, 2.75) is 33.7 Å². The zero-order valence-corrected chi connectivity index (χ0v) is 11.1. The molecule has 2 heteroatoms. The summed E-state index contributed by atoms with van der Waals surface area (Å²) in [7, 11) is 2.12. The summed E-state index contributed by atoms with van der Waals surface area (Å²) in [5.41, 5.74) is 2.43. The molecule has 16 heavy (non-hydrogen) atoms. The van der Waals surface area contributed by atoms with Crippen LogP contribution in [-0.2, 0) is 0 Å². The van der Waals surface area contributed by atoms with Crippen molar-refractivity contribution in [3.8, 4) is 5.75 Å². The second-order valence-electron chi connectivity index (χ2n) is 4.45. The first-order chi connectivity index (χ1) is 7.56. The van der Waals surface area contributed by atoms with Crippen molar-refractivity contribution in [2.24, 2.45) is 0 Å². The first kappa shape index (κ1) is 13.0. The van der Waals surface area contributed by atoms with E-state index in [0.717, 1.165) is 18.9 Å². The summed E-state index contributed by atoms with van der Waals surface area (Å²) < 4.78 is 5.91.